The monoisotopic (exact) mass is 248 g/mol. The fourth-order valence-corrected chi connectivity index (χ4v) is 1.25. The van der Waals surface area contributed by atoms with Crippen LogP contribution in [0.4, 0.5) is 13.2 Å². The van der Waals surface area contributed by atoms with Gasteiger partial charge in [0.15, 0.2) is 0 Å². The van der Waals surface area contributed by atoms with Crippen molar-refractivity contribution in [3.05, 3.63) is 35.4 Å². The van der Waals surface area contributed by atoms with Crippen molar-refractivity contribution in [2.45, 2.75) is 6.18 Å². The summed E-state index contributed by atoms with van der Waals surface area (Å²) in [4.78, 5) is 0. The summed E-state index contributed by atoms with van der Waals surface area (Å²) in [7, 11) is 0. The molecule has 0 aromatic heterocycles. The van der Waals surface area contributed by atoms with E-state index in [2.05, 4.69) is 0 Å². The van der Waals surface area contributed by atoms with Crippen LogP contribution in [0, 0.1) is 0 Å². The Morgan fingerprint density at radius 3 is 2.42 bits per heavy atom. The number of alkyl halides is 3. The summed E-state index contributed by atoms with van der Waals surface area (Å²) in [6, 6.07) is 5.29. The van der Waals surface area contributed by atoms with E-state index in [-0.39, 0.29) is 0 Å². The summed E-state index contributed by atoms with van der Waals surface area (Å²) < 4.78 is 38.0. The molecule has 0 saturated carbocycles. The SMILES string of the molecule is FC(F)(F)c1cccc([CH]=[Zr+2])c1. The Balaban J connectivity index is 3.10. The molecule has 0 nitrogen and oxygen atoms in total. The Kier molecular flexibility index (Phi) is 3.00. The van der Waals surface area contributed by atoms with Gasteiger partial charge in [-0.3, -0.25) is 0 Å². The Morgan fingerprint density at radius 2 is 1.92 bits per heavy atom. The fourth-order valence-electron chi connectivity index (χ4n) is 0.805. The molecule has 0 amide bonds. The van der Waals surface area contributed by atoms with Gasteiger partial charge in [0.1, 0.15) is 0 Å². The van der Waals surface area contributed by atoms with Crippen LogP contribution >= 0.6 is 0 Å². The first kappa shape index (κ1) is 9.85. The normalized spacial score (nSPS) is 11.4. The van der Waals surface area contributed by atoms with Crippen LogP contribution in [-0.2, 0) is 30.4 Å². The van der Waals surface area contributed by atoms with E-state index < -0.39 is 11.7 Å². The summed E-state index contributed by atoms with van der Waals surface area (Å²) in [6.45, 7) is 0. The van der Waals surface area contributed by atoms with E-state index in [1.807, 2.05) is 0 Å². The number of rotatable bonds is 1. The van der Waals surface area contributed by atoms with Gasteiger partial charge in [-0.15, -0.1) is 0 Å². The van der Waals surface area contributed by atoms with Gasteiger partial charge in [-0.05, 0) is 0 Å². The zero-order chi connectivity index (χ0) is 9.19. The number of halogens is 3. The molecule has 60 valence electrons. The molecule has 12 heavy (non-hydrogen) atoms. The molecule has 1 aromatic carbocycles. The van der Waals surface area contributed by atoms with Gasteiger partial charge in [0.25, 0.3) is 0 Å². The van der Waals surface area contributed by atoms with Gasteiger partial charge in [0, 0.05) is 0 Å². The molecule has 1 aromatic rings. The molecular formula is C8H5F3Zr+2. The maximum atomic E-state index is 12.1. The van der Waals surface area contributed by atoms with Gasteiger partial charge in [-0.1, -0.05) is 0 Å². The van der Waals surface area contributed by atoms with Crippen LogP contribution in [0.3, 0.4) is 0 Å². The second kappa shape index (κ2) is 3.65. The Bertz CT molecular complexity index is 291. The fraction of sp³-hybridized carbons (Fsp3) is 0.125. The Hall–Kier alpha value is -0.237. The predicted octanol–water partition coefficient (Wildman–Crippen LogP) is 2.40. The molecule has 0 aliphatic carbocycles. The molecule has 0 saturated heterocycles. The van der Waals surface area contributed by atoms with E-state index in [0.29, 0.717) is 5.56 Å². The predicted molar refractivity (Wildman–Crippen MR) is 36.6 cm³/mol. The van der Waals surface area contributed by atoms with Gasteiger partial charge < -0.3 is 0 Å². The second-order valence-corrected chi connectivity index (χ2v) is 2.98. The quantitative estimate of drug-likeness (QED) is 0.717. The second-order valence-electron chi connectivity index (χ2n) is 2.27. The van der Waals surface area contributed by atoms with Gasteiger partial charge in [-0.2, -0.15) is 0 Å². The van der Waals surface area contributed by atoms with E-state index in [1.54, 1.807) is 9.78 Å². The van der Waals surface area contributed by atoms with Crippen molar-refractivity contribution >= 4 is 3.71 Å². The van der Waals surface area contributed by atoms with E-state index >= 15 is 0 Å². The van der Waals surface area contributed by atoms with Crippen molar-refractivity contribution in [1.29, 1.82) is 0 Å². The molecule has 0 spiro atoms. The average molecular weight is 249 g/mol. The Labute approximate surface area is 82.7 Å². The molecule has 4 heteroatoms. The third-order valence-corrected chi connectivity index (χ3v) is 2.20. The third-order valence-electron chi connectivity index (χ3n) is 1.38. The molecule has 0 fully saturated rings. The molecule has 1 rings (SSSR count). The molecule has 0 unspecified atom stereocenters. The van der Waals surface area contributed by atoms with Crippen LogP contribution in [0.25, 0.3) is 0 Å². The first-order valence-corrected chi connectivity index (χ1v) is 4.63. The standard InChI is InChI=1S/C8H5F3.Zr/c1-6-3-2-4-7(5-6)8(9,10)11;/h1-5H;/q;+2. The molecule has 0 atom stereocenters. The van der Waals surface area contributed by atoms with Crippen molar-refractivity contribution in [3.8, 4) is 0 Å². The summed E-state index contributed by atoms with van der Waals surface area (Å²) >= 11 is 1.10. The topological polar surface area (TPSA) is 0 Å². The first-order valence-electron chi connectivity index (χ1n) is 3.22. The zero-order valence-corrected chi connectivity index (χ0v) is 8.48. The van der Waals surface area contributed by atoms with Gasteiger partial charge in [-0.25, -0.2) is 0 Å². The van der Waals surface area contributed by atoms with Crippen LogP contribution in [0.5, 0.6) is 0 Å². The van der Waals surface area contributed by atoms with E-state index in [1.165, 1.54) is 6.07 Å². The van der Waals surface area contributed by atoms with E-state index in [9.17, 15) is 13.2 Å². The Morgan fingerprint density at radius 1 is 1.25 bits per heavy atom. The summed E-state index contributed by atoms with van der Waals surface area (Å²) in [5, 5.41) is 0. The van der Waals surface area contributed by atoms with Crippen molar-refractivity contribution in [1.82, 2.24) is 0 Å². The van der Waals surface area contributed by atoms with Gasteiger partial charge in [0.05, 0.1) is 0 Å². The van der Waals surface area contributed by atoms with E-state index in [4.69, 9.17) is 0 Å². The zero-order valence-electron chi connectivity index (χ0n) is 6.02. The van der Waals surface area contributed by atoms with Gasteiger partial charge in [0.2, 0.25) is 0 Å². The van der Waals surface area contributed by atoms with Crippen LogP contribution in [0.15, 0.2) is 24.3 Å². The minimum absolute atomic E-state index is 0.585. The van der Waals surface area contributed by atoms with Crippen molar-refractivity contribution < 1.29 is 37.4 Å². The summed E-state index contributed by atoms with van der Waals surface area (Å²) in [6.07, 6.45) is -4.23. The summed E-state index contributed by atoms with van der Waals surface area (Å²) in [5.74, 6) is 0. The molecule has 0 bridgehead atoms. The van der Waals surface area contributed by atoms with Crippen LogP contribution in [0.2, 0.25) is 0 Å². The average Bonchev–Trinajstić information content (AvgIpc) is 2.03. The van der Waals surface area contributed by atoms with Gasteiger partial charge >= 0.3 is 82.7 Å². The molecule has 0 aliphatic heterocycles. The maximum absolute atomic E-state index is 12.1. The van der Waals surface area contributed by atoms with Crippen molar-refractivity contribution in [2.24, 2.45) is 0 Å². The summed E-state index contributed by atoms with van der Waals surface area (Å²) in [5.41, 5.74) is 0.0432. The van der Waals surface area contributed by atoms with E-state index in [0.717, 1.165) is 36.4 Å². The molecule has 0 radical (unpaired) electrons. The van der Waals surface area contributed by atoms with Crippen LogP contribution in [0.1, 0.15) is 11.1 Å². The molecule has 0 N–H and O–H groups in total. The van der Waals surface area contributed by atoms with Crippen molar-refractivity contribution in [2.75, 3.05) is 0 Å². The molecular weight excluding hydrogens is 244 g/mol. The van der Waals surface area contributed by atoms with Crippen LogP contribution < -0.4 is 0 Å². The number of hydrogen-bond acceptors (Lipinski definition) is 0. The molecule has 0 aliphatic rings. The first-order chi connectivity index (χ1) is 5.54. The number of hydrogen-bond donors (Lipinski definition) is 0. The third kappa shape index (κ3) is 2.38. The van der Waals surface area contributed by atoms with Crippen molar-refractivity contribution in [3.63, 3.8) is 0 Å². The van der Waals surface area contributed by atoms with Crippen LogP contribution in [-0.4, -0.2) is 3.71 Å². The minimum atomic E-state index is -4.23. The number of benzene rings is 1. The molecule has 0 heterocycles.